The molecule has 0 saturated carbocycles. The molecule has 5 heteroatoms. The Morgan fingerprint density at radius 2 is 2.27 bits per heavy atom. The number of carboxylic acid groups (broad SMARTS) is 1. The number of aliphatic hydroxyl groups is 1. The van der Waals surface area contributed by atoms with Crippen LogP contribution in [0.25, 0.3) is 0 Å². The molecule has 4 nitrogen and oxygen atoms in total. The maximum absolute atomic E-state index is 10.4. The summed E-state index contributed by atoms with van der Waals surface area (Å²) in [4.78, 5) is 10.4. The van der Waals surface area contributed by atoms with E-state index >= 15 is 0 Å². The van der Waals surface area contributed by atoms with Gasteiger partial charge in [-0.3, -0.25) is 0 Å². The summed E-state index contributed by atoms with van der Waals surface area (Å²) in [6, 6.07) is 2.09. The van der Waals surface area contributed by atoms with Crippen LogP contribution in [0.5, 0.6) is 0 Å². The van der Waals surface area contributed by atoms with Crippen LogP contribution in [0.1, 0.15) is 69.0 Å². The number of aliphatic hydroxyl groups excluding tert-OH is 1. The molecule has 1 aliphatic rings. The maximum Gasteiger partial charge on any atom is 1.00 e. The Hall–Kier alpha value is -0.354. The molecule has 0 bridgehead atoms. The van der Waals surface area contributed by atoms with E-state index in [-0.39, 0.29) is 69.6 Å². The number of carbonyl (C=O) groups excluding carboxylic acids is 1. The molecule has 0 aromatic carbocycles. The minimum atomic E-state index is -0.996. The van der Waals surface area contributed by atoms with E-state index in [1.807, 2.05) is 19.9 Å². The van der Waals surface area contributed by atoms with E-state index in [2.05, 4.69) is 24.0 Å². The number of hydrogen-bond acceptors (Lipinski definition) is 4. The topological polar surface area (TPSA) is 73.5 Å². The van der Waals surface area contributed by atoms with Gasteiger partial charge in [-0.15, -0.1) is 11.8 Å². The van der Waals surface area contributed by atoms with E-state index < -0.39 is 12.1 Å². The molecule has 26 heavy (non-hydrogen) atoms. The number of hydrogen-bond donors (Lipinski definition) is 1. The quantitative estimate of drug-likeness (QED) is 0.276. The molecule has 2 rings (SSSR count). The van der Waals surface area contributed by atoms with Crippen LogP contribution in [-0.2, 0) is 17.6 Å². The normalized spacial score (nSPS) is 17.9. The number of rotatable bonds is 9. The van der Waals surface area contributed by atoms with Crippen molar-refractivity contribution in [2.75, 3.05) is 0 Å². The van der Waals surface area contributed by atoms with Gasteiger partial charge < -0.3 is 19.4 Å². The zero-order valence-electron chi connectivity index (χ0n) is 16.1. The van der Waals surface area contributed by atoms with Crippen molar-refractivity contribution in [3.8, 4) is 11.8 Å². The van der Waals surface area contributed by atoms with Crippen LogP contribution in [0.15, 0.2) is 22.6 Å². The van der Waals surface area contributed by atoms with E-state index in [1.165, 1.54) is 5.56 Å². The first-order valence-corrected chi connectivity index (χ1v) is 9.08. The van der Waals surface area contributed by atoms with Crippen LogP contribution >= 0.6 is 0 Å². The van der Waals surface area contributed by atoms with Crippen molar-refractivity contribution in [3.63, 3.8) is 0 Å². The van der Waals surface area contributed by atoms with Crippen molar-refractivity contribution in [1.82, 2.24) is 0 Å². The van der Waals surface area contributed by atoms with Gasteiger partial charge in [0.2, 0.25) is 0 Å². The van der Waals surface area contributed by atoms with Gasteiger partial charge in [0.25, 0.3) is 0 Å². The minimum Gasteiger partial charge on any atom is -0.550 e. The summed E-state index contributed by atoms with van der Waals surface area (Å²) in [5.41, 5.74) is 1.21. The molecular formula is C21H27KO4. The fraction of sp³-hybridized carbons (Fsp3) is 0.571. The third-order valence-electron chi connectivity index (χ3n) is 4.75. The summed E-state index contributed by atoms with van der Waals surface area (Å²) in [7, 11) is 0. The molecule has 0 amide bonds. The van der Waals surface area contributed by atoms with Crippen molar-refractivity contribution in [2.45, 2.75) is 70.8 Å². The number of furan rings is 1. The van der Waals surface area contributed by atoms with E-state index in [0.29, 0.717) is 12.8 Å². The van der Waals surface area contributed by atoms with Crippen molar-refractivity contribution in [2.24, 2.45) is 5.92 Å². The molecule has 3 atom stereocenters. The molecule has 1 N–H and O–H groups in total. The average molecular weight is 383 g/mol. The van der Waals surface area contributed by atoms with E-state index in [9.17, 15) is 15.0 Å². The monoisotopic (exact) mass is 382 g/mol. The molecule has 0 aliphatic heterocycles. The molecule has 1 unspecified atom stereocenters. The van der Waals surface area contributed by atoms with Gasteiger partial charge in [-0.25, -0.2) is 0 Å². The zero-order valence-corrected chi connectivity index (χ0v) is 19.2. The second kappa shape index (κ2) is 12.2. The Morgan fingerprint density at radius 1 is 1.50 bits per heavy atom. The van der Waals surface area contributed by atoms with E-state index in [0.717, 1.165) is 37.2 Å². The Morgan fingerprint density at radius 3 is 2.96 bits per heavy atom. The standard InChI is InChI=1S/C21H28O4.K/c1-3-4-7-15(2)19(22)12-10-16-11-13-20-18(16)14-17(25-20)8-5-6-9-21(23)24;/h10,12,14-16,19,22H,5-9,11,13H2,1-2H3,(H,23,24);/q;+1/p-1/b12-10+;/t15?,16-,19+;/m0./s1. The molecule has 0 spiro atoms. The van der Waals surface area contributed by atoms with Crippen molar-refractivity contribution in [1.29, 1.82) is 0 Å². The molecule has 1 heterocycles. The third kappa shape index (κ3) is 7.34. The fourth-order valence-electron chi connectivity index (χ4n) is 3.16. The van der Waals surface area contributed by atoms with Gasteiger partial charge in [0.15, 0.2) is 0 Å². The summed E-state index contributed by atoms with van der Waals surface area (Å²) >= 11 is 0. The Labute approximate surface area is 198 Å². The van der Waals surface area contributed by atoms with Crippen LogP contribution in [0.3, 0.4) is 0 Å². The number of carboxylic acids is 1. The second-order valence-electron chi connectivity index (χ2n) is 6.80. The number of unbranched alkanes of at least 4 members (excludes halogenated alkanes) is 1. The first kappa shape index (κ1) is 23.7. The molecule has 0 fully saturated rings. The largest absolute Gasteiger partial charge is 1.00 e. The number of carbonyl (C=O) groups is 1. The second-order valence-corrected chi connectivity index (χ2v) is 6.80. The van der Waals surface area contributed by atoms with Gasteiger partial charge in [-0.1, -0.05) is 19.1 Å². The van der Waals surface area contributed by atoms with Gasteiger partial charge in [0.05, 0.1) is 6.10 Å². The third-order valence-corrected chi connectivity index (χ3v) is 4.75. The first-order valence-electron chi connectivity index (χ1n) is 9.08. The van der Waals surface area contributed by atoms with Gasteiger partial charge in [0.1, 0.15) is 11.5 Å². The Kier molecular flexibility index (Phi) is 11.1. The van der Waals surface area contributed by atoms with E-state index in [4.69, 9.17) is 4.42 Å². The fourth-order valence-corrected chi connectivity index (χ4v) is 3.16. The van der Waals surface area contributed by atoms with Crippen LogP contribution in [0.4, 0.5) is 0 Å². The Bertz CT molecular complexity index is 665. The van der Waals surface area contributed by atoms with Crippen LogP contribution in [-0.4, -0.2) is 17.2 Å². The summed E-state index contributed by atoms with van der Waals surface area (Å²) in [5, 5.41) is 20.6. The number of allylic oxidation sites excluding steroid dienone is 1. The first-order chi connectivity index (χ1) is 12.0. The molecular weight excluding hydrogens is 355 g/mol. The molecule has 1 aromatic heterocycles. The van der Waals surface area contributed by atoms with Gasteiger partial charge in [-0.05, 0) is 44.6 Å². The number of fused-ring (bicyclic) bond motifs is 1. The van der Waals surface area contributed by atoms with Crippen molar-refractivity contribution >= 4 is 5.97 Å². The summed E-state index contributed by atoms with van der Waals surface area (Å²) in [6.45, 7) is 3.81. The van der Waals surface area contributed by atoms with Crippen LogP contribution in [0, 0.1) is 17.8 Å². The number of aryl methyl sites for hydroxylation is 2. The van der Waals surface area contributed by atoms with Crippen LogP contribution in [0.2, 0.25) is 0 Å². The van der Waals surface area contributed by atoms with Gasteiger partial charge in [-0.2, -0.15) is 0 Å². The molecule has 1 aliphatic carbocycles. The molecule has 0 saturated heterocycles. The molecule has 0 radical (unpaired) electrons. The maximum atomic E-state index is 10.4. The summed E-state index contributed by atoms with van der Waals surface area (Å²) < 4.78 is 5.89. The Balaban J connectivity index is 0.00000338. The predicted molar refractivity (Wildman–Crippen MR) is 94.7 cm³/mol. The zero-order chi connectivity index (χ0) is 18.2. The predicted octanol–water partition coefficient (Wildman–Crippen LogP) is -0.257. The van der Waals surface area contributed by atoms with E-state index in [1.54, 1.807) is 0 Å². The van der Waals surface area contributed by atoms with Gasteiger partial charge in [0, 0.05) is 36.7 Å². The van der Waals surface area contributed by atoms with Crippen molar-refractivity contribution in [3.05, 3.63) is 35.3 Å². The minimum absolute atomic E-state index is 0. The molecule has 1 aromatic rings. The van der Waals surface area contributed by atoms with Crippen molar-refractivity contribution < 1.29 is 70.8 Å². The summed E-state index contributed by atoms with van der Waals surface area (Å²) in [5.74, 6) is 7.23. The number of aliphatic carboxylic acids is 1. The van der Waals surface area contributed by atoms with Crippen LogP contribution < -0.4 is 56.5 Å². The smallest absolute Gasteiger partial charge is 0.550 e. The average Bonchev–Trinajstić information content (AvgIpc) is 3.14. The molecule has 136 valence electrons. The summed E-state index contributed by atoms with van der Waals surface area (Å²) in [6.07, 6.45) is 8.35. The van der Waals surface area contributed by atoms with Gasteiger partial charge >= 0.3 is 51.4 Å². The SMILES string of the molecule is CC#CCC(C)[C@H](O)/C=C/[C@H]1CCc2oc(CCCCC(=O)[O-])cc21.[K+].